The maximum absolute atomic E-state index is 11.5. The molecule has 1 aliphatic carbocycles. The molecule has 1 amide bonds. The summed E-state index contributed by atoms with van der Waals surface area (Å²) < 4.78 is 5.00. The number of amides is 1. The smallest absolute Gasteiger partial charge is 0.251 e. The average Bonchev–Trinajstić information content (AvgIpc) is 2.69. The van der Waals surface area contributed by atoms with Crippen LogP contribution in [0.4, 0.5) is 0 Å². The normalized spacial score (nSPS) is 14.3. The van der Waals surface area contributed by atoms with Crippen LogP contribution in [0, 0.1) is 5.92 Å². The molecule has 1 aromatic rings. The van der Waals surface area contributed by atoms with Gasteiger partial charge in [-0.3, -0.25) is 9.59 Å². The zero-order chi connectivity index (χ0) is 18.3. The lowest BCUT2D eigenvalue weighted by atomic mass is 9.85. The van der Waals surface area contributed by atoms with Crippen LogP contribution in [0.5, 0.6) is 0 Å². The largest absolute Gasteiger partial charge is 0.394 e. The van der Waals surface area contributed by atoms with Gasteiger partial charge in [-0.05, 0) is 25.0 Å². The molecule has 5 nitrogen and oxygen atoms in total. The lowest BCUT2D eigenvalue weighted by Gasteiger charge is -2.19. The number of carbonyl (C=O) groups excluding carboxylic acids is 2. The first-order chi connectivity index (χ1) is 12.2. The molecular formula is C20H31NO4. The fourth-order valence-corrected chi connectivity index (χ4v) is 2.81. The lowest BCUT2D eigenvalue weighted by Crippen LogP contribution is -2.27. The highest BCUT2D eigenvalue weighted by atomic mass is 16.5. The fourth-order valence-electron chi connectivity index (χ4n) is 2.81. The van der Waals surface area contributed by atoms with E-state index >= 15 is 0 Å². The molecule has 2 N–H and O–H groups in total. The van der Waals surface area contributed by atoms with Crippen molar-refractivity contribution in [2.24, 2.45) is 5.92 Å². The minimum Gasteiger partial charge on any atom is -0.394 e. The first-order valence-electron chi connectivity index (χ1n) is 9.23. The van der Waals surface area contributed by atoms with Crippen molar-refractivity contribution in [1.82, 2.24) is 5.32 Å². The quantitative estimate of drug-likeness (QED) is 0.708. The van der Waals surface area contributed by atoms with Crippen molar-refractivity contribution < 1.29 is 19.4 Å². The zero-order valence-corrected chi connectivity index (χ0v) is 15.2. The van der Waals surface area contributed by atoms with Gasteiger partial charge in [0.25, 0.3) is 5.91 Å². The van der Waals surface area contributed by atoms with Gasteiger partial charge in [-0.1, -0.05) is 44.4 Å². The van der Waals surface area contributed by atoms with Gasteiger partial charge < -0.3 is 15.2 Å². The predicted octanol–water partition coefficient (Wildman–Crippen LogP) is 2.97. The Bertz CT molecular complexity index is 484. The SMILES string of the molecule is CCC(=O)C1CCCCC1.O=C(NCCOCCO)c1ccccc1. The highest BCUT2D eigenvalue weighted by Gasteiger charge is 2.18. The van der Waals surface area contributed by atoms with Crippen molar-refractivity contribution in [3.05, 3.63) is 35.9 Å². The van der Waals surface area contributed by atoms with Gasteiger partial charge in [0.1, 0.15) is 5.78 Å². The summed E-state index contributed by atoms with van der Waals surface area (Å²) in [5.41, 5.74) is 0.639. The maximum atomic E-state index is 11.5. The summed E-state index contributed by atoms with van der Waals surface area (Å²) in [5.74, 6) is 0.807. The molecule has 0 spiro atoms. The number of hydrogen-bond acceptors (Lipinski definition) is 4. The van der Waals surface area contributed by atoms with Crippen molar-refractivity contribution >= 4 is 11.7 Å². The Morgan fingerprint density at radius 1 is 1.12 bits per heavy atom. The number of Topliss-reactive ketones (excluding diaryl/α,β-unsaturated/α-hetero) is 1. The van der Waals surface area contributed by atoms with Gasteiger partial charge in [0, 0.05) is 24.4 Å². The zero-order valence-electron chi connectivity index (χ0n) is 15.2. The molecule has 25 heavy (non-hydrogen) atoms. The third-order valence-corrected chi connectivity index (χ3v) is 4.21. The van der Waals surface area contributed by atoms with E-state index in [2.05, 4.69) is 5.32 Å². The molecule has 1 saturated carbocycles. The van der Waals surface area contributed by atoms with E-state index in [9.17, 15) is 9.59 Å². The standard InChI is InChI=1S/C11H15NO3.C9H16O/c13-7-9-15-8-6-12-11(14)10-4-2-1-3-5-10;1-2-9(10)8-6-4-3-5-7-8/h1-5,13H,6-9H2,(H,12,14);8H,2-7H2,1H3. The summed E-state index contributed by atoms with van der Waals surface area (Å²) in [6.45, 7) is 3.15. The number of aliphatic hydroxyl groups excluding tert-OH is 1. The van der Waals surface area contributed by atoms with Gasteiger partial charge in [-0.2, -0.15) is 0 Å². The first-order valence-corrected chi connectivity index (χ1v) is 9.23. The number of ketones is 1. The van der Waals surface area contributed by atoms with Gasteiger partial charge in [0.2, 0.25) is 0 Å². The van der Waals surface area contributed by atoms with Gasteiger partial charge in [-0.25, -0.2) is 0 Å². The van der Waals surface area contributed by atoms with E-state index in [1.807, 2.05) is 25.1 Å². The van der Waals surface area contributed by atoms with E-state index in [-0.39, 0.29) is 12.5 Å². The molecule has 2 rings (SSSR count). The number of carbonyl (C=O) groups is 2. The number of rotatable bonds is 8. The molecule has 0 saturated heterocycles. The molecular weight excluding hydrogens is 318 g/mol. The molecule has 0 aliphatic heterocycles. The van der Waals surface area contributed by atoms with Crippen LogP contribution < -0.4 is 5.32 Å². The molecule has 1 aromatic carbocycles. The van der Waals surface area contributed by atoms with Crippen LogP contribution in [-0.2, 0) is 9.53 Å². The van der Waals surface area contributed by atoms with Crippen LogP contribution >= 0.6 is 0 Å². The first kappa shape index (κ1) is 21.3. The third-order valence-electron chi connectivity index (χ3n) is 4.21. The van der Waals surface area contributed by atoms with Gasteiger partial charge in [0.15, 0.2) is 0 Å². The molecule has 5 heteroatoms. The van der Waals surface area contributed by atoms with E-state index in [1.54, 1.807) is 12.1 Å². The second kappa shape index (κ2) is 13.6. The molecule has 140 valence electrons. The number of ether oxygens (including phenoxy) is 1. The average molecular weight is 349 g/mol. The molecule has 0 bridgehead atoms. The van der Waals surface area contributed by atoms with Crippen LogP contribution in [0.1, 0.15) is 55.8 Å². The molecule has 0 atom stereocenters. The second-order valence-corrected chi connectivity index (χ2v) is 6.11. The van der Waals surface area contributed by atoms with Gasteiger partial charge in [0.05, 0.1) is 19.8 Å². The molecule has 0 heterocycles. The van der Waals surface area contributed by atoms with Crippen LogP contribution in [0.3, 0.4) is 0 Å². The minimum atomic E-state index is -0.108. The predicted molar refractivity (Wildman–Crippen MR) is 98.6 cm³/mol. The molecule has 0 aromatic heterocycles. The third kappa shape index (κ3) is 9.37. The Labute approximate surface area is 150 Å². The van der Waals surface area contributed by atoms with E-state index in [1.165, 1.54) is 19.3 Å². The van der Waals surface area contributed by atoms with Crippen molar-refractivity contribution in [2.75, 3.05) is 26.4 Å². The Kier molecular flexibility index (Phi) is 11.6. The monoisotopic (exact) mass is 349 g/mol. The Morgan fingerprint density at radius 2 is 1.80 bits per heavy atom. The summed E-state index contributed by atoms with van der Waals surface area (Å²) in [7, 11) is 0. The molecule has 1 fully saturated rings. The Morgan fingerprint density at radius 3 is 2.40 bits per heavy atom. The van der Waals surface area contributed by atoms with Crippen molar-refractivity contribution in [2.45, 2.75) is 45.4 Å². The number of hydrogen-bond donors (Lipinski definition) is 2. The Hall–Kier alpha value is -1.72. The van der Waals surface area contributed by atoms with Gasteiger partial charge >= 0.3 is 0 Å². The highest BCUT2D eigenvalue weighted by molar-refractivity contribution is 5.94. The van der Waals surface area contributed by atoms with Gasteiger partial charge in [-0.15, -0.1) is 0 Å². The summed E-state index contributed by atoms with van der Waals surface area (Å²) in [5, 5.41) is 11.2. The van der Waals surface area contributed by atoms with Crippen LogP contribution in [-0.4, -0.2) is 43.2 Å². The lowest BCUT2D eigenvalue weighted by molar-refractivity contribution is -0.123. The van der Waals surface area contributed by atoms with Crippen molar-refractivity contribution in [1.29, 1.82) is 0 Å². The van der Waals surface area contributed by atoms with Crippen molar-refractivity contribution in [3.63, 3.8) is 0 Å². The van der Waals surface area contributed by atoms with Crippen LogP contribution in [0.25, 0.3) is 0 Å². The summed E-state index contributed by atoms with van der Waals surface area (Å²) in [6.07, 6.45) is 6.95. The highest BCUT2D eigenvalue weighted by Crippen LogP contribution is 2.24. The molecule has 1 aliphatic rings. The summed E-state index contributed by atoms with van der Waals surface area (Å²) >= 11 is 0. The van der Waals surface area contributed by atoms with E-state index in [4.69, 9.17) is 9.84 Å². The number of nitrogens with one attached hydrogen (secondary N) is 1. The minimum absolute atomic E-state index is 0.00658. The van der Waals surface area contributed by atoms with Crippen molar-refractivity contribution in [3.8, 4) is 0 Å². The molecule has 0 radical (unpaired) electrons. The van der Waals surface area contributed by atoms with E-state index < -0.39 is 0 Å². The number of benzene rings is 1. The molecule has 0 unspecified atom stereocenters. The summed E-state index contributed by atoms with van der Waals surface area (Å²) in [4.78, 5) is 22.6. The number of aliphatic hydroxyl groups is 1. The topological polar surface area (TPSA) is 75.6 Å². The Balaban J connectivity index is 0.000000271. The van der Waals surface area contributed by atoms with Crippen LogP contribution in [0.15, 0.2) is 30.3 Å². The van der Waals surface area contributed by atoms with E-state index in [0.717, 1.165) is 19.3 Å². The maximum Gasteiger partial charge on any atom is 0.251 e. The van der Waals surface area contributed by atoms with E-state index in [0.29, 0.717) is 37.0 Å². The summed E-state index contributed by atoms with van der Waals surface area (Å²) in [6, 6.07) is 9.00. The second-order valence-electron chi connectivity index (χ2n) is 6.11. The fraction of sp³-hybridized carbons (Fsp3) is 0.600. The van der Waals surface area contributed by atoms with Crippen LogP contribution in [0.2, 0.25) is 0 Å².